The monoisotopic (exact) mass is 424 g/mol. The van der Waals surface area contributed by atoms with Crippen LogP contribution in [-0.2, 0) is 4.79 Å². The molecule has 4 nitrogen and oxygen atoms in total. The van der Waals surface area contributed by atoms with Gasteiger partial charge >= 0.3 is 0 Å². The number of thioether (sulfide) groups is 1. The van der Waals surface area contributed by atoms with Crippen LogP contribution < -0.4 is 10.6 Å². The van der Waals surface area contributed by atoms with E-state index in [-0.39, 0.29) is 11.8 Å². The Morgan fingerprint density at radius 1 is 0.862 bits per heavy atom. The predicted molar refractivity (Wildman–Crippen MR) is 121 cm³/mol. The highest BCUT2D eigenvalue weighted by Crippen LogP contribution is 2.22. The molecule has 3 rings (SSSR count). The van der Waals surface area contributed by atoms with Crippen LogP contribution in [-0.4, -0.2) is 17.6 Å². The second kappa shape index (κ2) is 9.63. The molecule has 0 radical (unpaired) electrons. The molecule has 0 unspecified atom stereocenters. The molecule has 2 amide bonds. The first kappa shape index (κ1) is 21.0. The smallest absolute Gasteiger partial charge is 0.255 e. The van der Waals surface area contributed by atoms with Gasteiger partial charge in [-0.1, -0.05) is 23.7 Å². The normalized spacial score (nSPS) is 10.4. The van der Waals surface area contributed by atoms with Gasteiger partial charge < -0.3 is 10.6 Å². The summed E-state index contributed by atoms with van der Waals surface area (Å²) in [5, 5.41) is 6.26. The Morgan fingerprint density at radius 3 is 2.28 bits per heavy atom. The fourth-order valence-electron chi connectivity index (χ4n) is 2.63. The van der Waals surface area contributed by atoms with Gasteiger partial charge in [0.15, 0.2) is 0 Å². The summed E-state index contributed by atoms with van der Waals surface area (Å²) in [6.45, 7) is 4.06. The maximum Gasteiger partial charge on any atom is 0.255 e. The molecule has 3 aromatic carbocycles. The Balaban J connectivity index is 1.51. The van der Waals surface area contributed by atoms with Crippen LogP contribution in [0.4, 0.5) is 11.4 Å². The molecular formula is C23H21ClN2O2S. The standard InChI is InChI=1S/C23H21ClN2O2S/c1-15-6-7-20(12-16(15)2)25-22(27)14-29-21-10-8-19(9-11-21)26-23(28)17-4-3-5-18(24)13-17/h3-13H,14H2,1-2H3,(H,25,27)(H,26,28). The number of rotatable bonds is 6. The second-order valence-corrected chi connectivity index (χ2v) is 8.11. The summed E-state index contributed by atoms with van der Waals surface area (Å²) in [6, 6.07) is 20.0. The van der Waals surface area contributed by atoms with Crippen molar-refractivity contribution in [2.24, 2.45) is 0 Å². The van der Waals surface area contributed by atoms with Gasteiger partial charge in [-0.25, -0.2) is 0 Å². The predicted octanol–water partition coefficient (Wildman–Crippen LogP) is 5.94. The second-order valence-electron chi connectivity index (χ2n) is 6.62. The molecule has 0 bridgehead atoms. The van der Waals surface area contributed by atoms with Crippen LogP contribution in [0.1, 0.15) is 21.5 Å². The van der Waals surface area contributed by atoms with E-state index in [1.165, 1.54) is 17.3 Å². The fraction of sp³-hybridized carbons (Fsp3) is 0.130. The van der Waals surface area contributed by atoms with Crippen LogP contribution in [0.25, 0.3) is 0 Å². The third-order valence-corrected chi connectivity index (χ3v) is 5.61. The van der Waals surface area contributed by atoms with Crippen LogP contribution >= 0.6 is 23.4 Å². The molecule has 0 heterocycles. The number of carbonyl (C=O) groups excluding carboxylic acids is 2. The van der Waals surface area contributed by atoms with Gasteiger partial charge in [0.2, 0.25) is 5.91 Å². The highest BCUT2D eigenvalue weighted by Gasteiger charge is 2.08. The van der Waals surface area contributed by atoms with Gasteiger partial charge in [0.25, 0.3) is 5.91 Å². The van der Waals surface area contributed by atoms with Crippen LogP contribution in [0.5, 0.6) is 0 Å². The zero-order chi connectivity index (χ0) is 20.8. The first-order chi connectivity index (χ1) is 13.9. The molecular weight excluding hydrogens is 404 g/mol. The number of aryl methyl sites for hydroxylation is 2. The van der Waals surface area contributed by atoms with Crippen LogP contribution in [0.2, 0.25) is 5.02 Å². The number of amides is 2. The Bertz CT molecular complexity index is 1040. The lowest BCUT2D eigenvalue weighted by Gasteiger charge is -2.09. The molecule has 0 spiro atoms. The van der Waals surface area contributed by atoms with Gasteiger partial charge in [-0.2, -0.15) is 0 Å². The highest BCUT2D eigenvalue weighted by molar-refractivity contribution is 8.00. The van der Waals surface area contributed by atoms with E-state index in [1.807, 2.05) is 56.3 Å². The zero-order valence-corrected chi connectivity index (χ0v) is 17.7. The summed E-state index contributed by atoms with van der Waals surface area (Å²) in [5.74, 6) is 0.0264. The van der Waals surface area contributed by atoms with E-state index in [4.69, 9.17) is 11.6 Å². The third-order valence-electron chi connectivity index (χ3n) is 4.36. The molecule has 0 aliphatic heterocycles. The maximum absolute atomic E-state index is 12.3. The third kappa shape index (κ3) is 6.11. The Labute approximate surface area is 179 Å². The first-order valence-corrected chi connectivity index (χ1v) is 10.4. The number of benzene rings is 3. The first-order valence-electron chi connectivity index (χ1n) is 9.07. The SMILES string of the molecule is Cc1ccc(NC(=O)CSc2ccc(NC(=O)c3cccc(Cl)c3)cc2)cc1C. The molecule has 0 aliphatic carbocycles. The largest absolute Gasteiger partial charge is 0.325 e. The van der Waals surface area contributed by atoms with Crippen molar-refractivity contribution in [3.63, 3.8) is 0 Å². The molecule has 0 aliphatic rings. The Hall–Kier alpha value is -2.76. The van der Waals surface area contributed by atoms with E-state index in [0.29, 0.717) is 22.0 Å². The molecule has 0 aromatic heterocycles. The maximum atomic E-state index is 12.3. The number of carbonyl (C=O) groups is 2. The lowest BCUT2D eigenvalue weighted by atomic mass is 10.1. The lowest BCUT2D eigenvalue weighted by molar-refractivity contribution is -0.113. The molecule has 2 N–H and O–H groups in total. The van der Waals surface area contributed by atoms with Gasteiger partial charge in [-0.15, -0.1) is 11.8 Å². The number of hydrogen-bond acceptors (Lipinski definition) is 3. The summed E-state index contributed by atoms with van der Waals surface area (Å²) in [4.78, 5) is 25.4. The number of halogens is 1. The number of anilines is 2. The minimum absolute atomic E-state index is 0.0587. The minimum Gasteiger partial charge on any atom is -0.325 e. The van der Waals surface area contributed by atoms with Gasteiger partial charge in [-0.05, 0) is 79.6 Å². The van der Waals surface area contributed by atoms with Crippen LogP contribution in [0.15, 0.2) is 71.6 Å². The topological polar surface area (TPSA) is 58.2 Å². The molecule has 148 valence electrons. The van der Waals surface area contributed by atoms with Crippen molar-refractivity contribution in [2.75, 3.05) is 16.4 Å². The van der Waals surface area contributed by atoms with E-state index in [1.54, 1.807) is 24.3 Å². The summed E-state index contributed by atoms with van der Waals surface area (Å²) in [6.07, 6.45) is 0. The number of hydrogen-bond donors (Lipinski definition) is 2. The molecule has 0 fully saturated rings. The minimum atomic E-state index is -0.222. The summed E-state index contributed by atoms with van der Waals surface area (Å²) < 4.78 is 0. The van der Waals surface area contributed by atoms with Crippen molar-refractivity contribution < 1.29 is 9.59 Å². The Kier molecular flexibility index (Phi) is 6.96. The van der Waals surface area contributed by atoms with E-state index >= 15 is 0 Å². The molecule has 6 heteroatoms. The zero-order valence-electron chi connectivity index (χ0n) is 16.2. The van der Waals surface area contributed by atoms with E-state index in [2.05, 4.69) is 10.6 Å². The molecule has 3 aromatic rings. The van der Waals surface area contributed by atoms with Crippen molar-refractivity contribution in [1.82, 2.24) is 0 Å². The van der Waals surface area contributed by atoms with E-state index in [9.17, 15) is 9.59 Å². The van der Waals surface area contributed by atoms with Gasteiger partial charge in [0.05, 0.1) is 5.75 Å². The average Bonchev–Trinajstić information content (AvgIpc) is 2.70. The van der Waals surface area contributed by atoms with Crippen molar-refractivity contribution in [2.45, 2.75) is 18.7 Å². The van der Waals surface area contributed by atoms with Crippen LogP contribution in [0, 0.1) is 13.8 Å². The van der Waals surface area contributed by atoms with Gasteiger partial charge in [0, 0.05) is 26.9 Å². The van der Waals surface area contributed by atoms with Crippen molar-refractivity contribution >= 4 is 46.6 Å². The van der Waals surface area contributed by atoms with E-state index < -0.39 is 0 Å². The van der Waals surface area contributed by atoms with Crippen molar-refractivity contribution in [3.8, 4) is 0 Å². The molecule has 29 heavy (non-hydrogen) atoms. The lowest BCUT2D eigenvalue weighted by Crippen LogP contribution is -2.14. The van der Waals surface area contributed by atoms with E-state index in [0.717, 1.165) is 16.1 Å². The summed E-state index contributed by atoms with van der Waals surface area (Å²) in [5.41, 5.74) is 4.32. The summed E-state index contributed by atoms with van der Waals surface area (Å²) in [7, 11) is 0. The Morgan fingerprint density at radius 2 is 1.59 bits per heavy atom. The molecule has 0 saturated heterocycles. The van der Waals surface area contributed by atoms with Gasteiger partial charge in [-0.3, -0.25) is 9.59 Å². The molecule has 0 saturated carbocycles. The fourth-order valence-corrected chi connectivity index (χ4v) is 3.52. The highest BCUT2D eigenvalue weighted by atomic mass is 35.5. The summed E-state index contributed by atoms with van der Waals surface area (Å²) >= 11 is 7.36. The van der Waals surface area contributed by atoms with Crippen molar-refractivity contribution in [1.29, 1.82) is 0 Å². The quantitative estimate of drug-likeness (QED) is 0.481. The average molecular weight is 425 g/mol. The van der Waals surface area contributed by atoms with Gasteiger partial charge in [0.1, 0.15) is 0 Å². The van der Waals surface area contributed by atoms with Crippen molar-refractivity contribution in [3.05, 3.63) is 88.4 Å². The van der Waals surface area contributed by atoms with Crippen LogP contribution in [0.3, 0.4) is 0 Å². The molecule has 0 atom stereocenters. The number of nitrogens with one attached hydrogen (secondary N) is 2.